The molecule has 0 unspecified atom stereocenters. The van der Waals surface area contributed by atoms with Crippen LogP contribution in [0.5, 0.6) is 0 Å². The van der Waals surface area contributed by atoms with Gasteiger partial charge in [0, 0.05) is 18.1 Å². The summed E-state index contributed by atoms with van der Waals surface area (Å²) in [6, 6.07) is 7.48. The number of rotatable bonds is 5. The molecule has 5 nitrogen and oxygen atoms in total. The van der Waals surface area contributed by atoms with Crippen LogP contribution in [0.4, 0.5) is 0 Å². The third-order valence-electron chi connectivity index (χ3n) is 2.33. The molecule has 0 bridgehead atoms. The average Bonchev–Trinajstić information content (AvgIpc) is 2.48. The van der Waals surface area contributed by atoms with Gasteiger partial charge in [-0.2, -0.15) is 0 Å². The first-order valence-electron chi connectivity index (χ1n) is 5.73. The number of esters is 1. The van der Waals surface area contributed by atoms with E-state index < -0.39 is 0 Å². The minimum atomic E-state index is -0.228. The molecule has 0 radical (unpaired) electrons. The highest BCUT2D eigenvalue weighted by atomic mass is 32.2. The van der Waals surface area contributed by atoms with Crippen LogP contribution in [0.15, 0.2) is 41.8 Å². The van der Waals surface area contributed by atoms with Crippen molar-refractivity contribution >= 4 is 17.7 Å². The van der Waals surface area contributed by atoms with Crippen LogP contribution in [0.3, 0.4) is 0 Å². The van der Waals surface area contributed by atoms with Gasteiger partial charge < -0.3 is 4.74 Å². The van der Waals surface area contributed by atoms with Crippen molar-refractivity contribution in [1.29, 1.82) is 0 Å². The number of aromatic nitrogens is 3. The number of hydrogen-bond acceptors (Lipinski definition) is 6. The van der Waals surface area contributed by atoms with Crippen LogP contribution in [-0.2, 0) is 9.53 Å². The average molecular weight is 275 g/mol. The molecule has 0 spiro atoms. The number of nitrogens with zero attached hydrogens (tertiary/aromatic N) is 3. The van der Waals surface area contributed by atoms with Gasteiger partial charge in [0.1, 0.15) is 0 Å². The Bertz CT molecular complexity index is 549. The van der Waals surface area contributed by atoms with Gasteiger partial charge in [-0.05, 0) is 18.2 Å². The lowest BCUT2D eigenvalue weighted by atomic mass is 10.3. The standard InChI is InChI=1S/C13H13N3O2S/c1-18-12(17)6-9-19-13-15-8-5-11(16-13)10-4-2-3-7-14-10/h2-5,7-8H,6,9H2,1H3. The molecule has 19 heavy (non-hydrogen) atoms. The van der Waals surface area contributed by atoms with Gasteiger partial charge in [0.15, 0.2) is 5.16 Å². The maximum atomic E-state index is 11.0. The lowest BCUT2D eigenvalue weighted by Gasteiger charge is -2.02. The van der Waals surface area contributed by atoms with Gasteiger partial charge in [0.25, 0.3) is 0 Å². The first-order chi connectivity index (χ1) is 9.29. The SMILES string of the molecule is COC(=O)CCSc1nccc(-c2ccccn2)n1. The Hall–Kier alpha value is -1.95. The van der Waals surface area contributed by atoms with Gasteiger partial charge in [0.2, 0.25) is 0 Å². The highest BCUT2D eigenvalue weighted by molar-refractivity contribution is 7.99. The second-order valence-electron chi connectivity index (χ2n) is 3.61. The van der Waals surface area contributed by atoms with Gasteiger partial charge in [-0.3, -0.25) is 9.78 Å². The minimum absolute atomic E-state index is 0.228. The predicted octanol–water partition coefficient (Wildman–Crippen LogP) is 2.19. The topological polar surface area (TPSA) is 65.0 Å². The maximum Gasteiger partial charge on any atom is 0.306 e. The van der Waals surface area contributed by atoms with E-state index in [-0.39, 0.29) is 5.97 Å². The van der Waals surface area contributed by atoms with Crippen molar-refractivity contribution in [3.63, 3.8) is 0 Å². The Morgan fingerprint density at radius 3 is 2.84 bits per heavy atom. The molecule has 6 heteroatoms. The quantitative estimate of drug-likeness (QED) is 0.473. The summed E-state index contributed by atoms with van der Waals surface area (Å²) in [6.45, 7) is 0. The van der Waals surface area contributed by atoms with Crippen LogP contribution in [-0.4, -0.2) is 33.8 Å². The summed E-state index contributed by atoms with van der Waals surface area (Å²) in [5.41, 5.74) is 1.58. The molecular weight excluding hydrogens is 262 g/mol. The molecule has 2 rings (SSSR count). The van der Waals surface area contributed by atoms with Crippen LogP contribution < -0.4 is 0 Å². The molecule has 0 atom stereocenters. The summed E-state index contributed by atoms with van der Waals surface area (Å²) in [5.74, 6) is 0.367. The Balaban J connectivity index is 2.02. The van der Waals surface area contributed by atoms with Crippen LogP contribution in [0.25, 0.3) is 11.4 Å². The maximum absolute atomic E-state index is 11.0. The van der Waals surface area contributed by atoms with Gasteiger partial charge >= 0.3 is 5.97 Å². The van der Waals surface area contributed by atoms with Crippen LogP contribution >= 0.6 is 11.8 Å². The molecule has 2 aromatic rings. The molecule has 0 amide bonds. The fourth-order valence-electron chi connectivity index (χ4n) is 1.39. The van der Waals surface area contributed by atoms with Crippen LogP contribution in [0, 0.1) is 0 Å². The smallest absolute Gasteiger partial charge is 0.306 e. The number of pyridine rings is 1. The minimum Gasteiger partial charge on any atom is -0.469 e. The molecule has 0 N–H and O–H groups in total. The van der Waals surface area contributed by atoms with E-state index in [0.717, 1.165) is 11.4 Å². The first-order valence-corrected chi connectivity index (χ1v) is 6.72. The molecule has 0 aromatic carbocycles. The van der Waals surface area contributed by atoms with Crippen molar-refractivity contribution < 1.29 is 9.53 Å². The number of methoxy groups -OCH3 is 1. The number of carbonyl (C=O) groups is 1. The zero-order valence-electron chi connectivity index (χ0n) is 10.4. The number of thioether (sulfide) groups is 1. The summed E-state index contributed by atoms with van der Waals surface area (Å²) < 4.78 is 4.58. The molecule has 2 heterocycles. The molecule has 0 fully saturated rings. The number of ether oxygens (including phenoxy) is 1. The molecule has 0 saturated heterocycles. The Morgan fingerprint density at radius 2 is 2.11 bits per heavy atom. The van der Waals surface area contributed by atoms with Gasteiger partial charge in [0.05, 0.1) is 24.9 Å². The number of carbonyl (C=O) groups excluding carboxylic acids is 1. The first kappa shape index (κ1) is 13.5. The van der Waals surface area contributed by atoms with Gasteiger partial charge in [-0.15, -0.1) is 0 Å². The molecule has 0 aliphatic heterocycles. The van der Waals surface area contributed by atoms with Crippen molar-refractivity contribution in [2.45, 2.75) is 11.6 Å². The van der Waals surface area contributed by atoms with Crippen molar-refractivity contribution in [3.05, 3.63) is 36.7 Å². The third kappa shape index (κ3) is 4.03. The lowest BCUT2D eigenvalue weighted by Crippen LogP contribution is -2.01. The van der Waals surface area contributed by atoms with Crippen LogP contribution in [0.2, 0.25) is 0 Å². The zero-order chi connectivity index (χ0) is 13.5. The fourth-order valence-corrected chi connectivity index (χ4v) is 2.14. The summed E-state index contributed by atoms with van der Waals surface area (Å²) in [6.07, 6.45) is 3.76. The molecular formula is C13H13N3O2S. The largest absolute Gasteiger partial charge is 0.469 e. The van der Waals surface area contributed by atoms with Crippen LogP contribution in [0.1, 0.15) is 6.42 Å². The second-order valence-corrected chi connectivity index (χ2v) is 4.68. The summed E-state index contributed by atoms with van der Waals surface area (Å²) in [5, 5.41) is 0.632. The van der Waals surface area contributed by atoms with E-state index in [2.05, 4.69) is 19.7 Å². The Morgan fingerprint density at radius 1 is 1.21 bits per heavy atom. The van der Waals surface area contributed by atoms with Crippen molar-refractivity contribution in [2.75, 3.05) is 12.9 Å². The number of hydrogen-bond donors (Lipinski definition) is 0. The molecule has 0 saturated carbocycles. The van der Waals surface area contributed by atoms with E-state index in [1.54, 1.807) is 12.4 Å². The van der Waals surface area contributed by atoms with E-state index in [9.17, 15) is 4.79 Å². The van der Waals surface area contributed by atoms with E-state index >= 15 is 0 Å². The van der Waals surface area contributed by atoms with Crippen molar-refractivity contribution in [3.8, 4) is 11.4 Å². The monoisotopic (exact) mass is 275 g/mol. The molecule has 0 aliphatic rings. The molecule has 2 aromatic heterocycles. The predicted molar refractivity (Wildman–Crippen MR) is 72.6 cm³/mol. The Labute approximate surface area is 115 Å². The summed E-state index contributed by atoms with van der Waals surface area (Å²) in [7, 11) is 1.38. The van der Waals surface area contributed by atoms with Gasteiger partial charge in [-0.25, -0.2) is 9.97 Å². The van der Waals surface area contributed by atoms with Crippen molar-refractivity contribution in [1.82, 2.24) is 15.0 Å². The molecule has 98 valence electrons. The Kier molecular flexibility index (Phi) is 4.85. The van der Waals surface area contributed by atoms with Gasteiger partial charge in [-0.1, -0.05) is 17.8 Å². The summed E-state index contributed by atoms with van der Waals surface area (Å²) in [4.78, 5) is 23.8. The van der Waals surface area contributed by atoms with E-state index in [0.29, 0.717) is 17.3 Å². The lowest BCUT2D eigenvalue weighted by molar-refractivity contribution is -0.140. The summed E-state index contributed by atoms with van der Waals surface area (Å²) >= 11 is 1.42. The van der Waals surface area contributed by atoms with Crippen molar-refractivity contribution in [2.24, 2.45) is 0 Å². The van der Waals surface area contributed by atoms with E-state index in [4.69, 9.17) is 0 Å². The third-order valence-corrected chi connectivity index (χ3v) is 3.19. The van der Waals surface area contributed by atoms with E-state index in [1.165, 1.54) is 18.9 Å². The molecule has 0 aliphatic carbocycles. The highest BCUT2D eigenvalue weighted by Gasteiger charge is 2.05. The second kappa shape index (κ2) is 6.84. The normalized spacial score (nSPS) is 10.2. The fraction of sp³-hybridized carbons (Fsp3) is 0.231. The highest BCUT2D eigenvalue weighted by Crippen LogP contribution is 2.18. The van der Waals surface area contributed by atoms with E-state index in [1.807, 2.05) is 24.3 Å². The zero-order valence-corrected chi connectivity index (χ0v) is 11.3.